The van der Waals surface area contributed by atoms with Gasteiger partial charge in [-0.15, -0.1) is 0 Å². The summed E-state index contributed by atoms with van der Waals surface area (Å²) in [4.78, 5) is 23.3. The van der Waals surface area contributed by atoms with Crippen molar-refractivity contribution in [1.82, 2.24) is 15.0 Å². The lowest BCUT2D eigenvalue weighted by atomic mass is 10.0. The van der Waals surface area contributed by atoms with Crippen LogP contribution in [-0.4, -0.2) is 22.2 Å². The van der Waals surface area contributed by atoms with Gasteiger partial charge in [0, 0.05) is 25.1 Å². The van der Waals surface area contributed by atoms with Crippen molar-refractivity contribution in [3.8, 4) is 11.4 Å². The number of nitrogens with one attached hydrogen (secondary N) is 1. The van der Waals surface area contributed by atoms with Crippen LogP contribution in [0.3, 0.4) is 0 Å². The van der Waals surface area contributed by atoms with Gasteiger partial charge < -0.3 is 5.32 Å². The molecule has 1 fully saturated rings. The van der Waals surface area contributed by atoms with E-state index in [0.29, 0.717) is 37.3 Å². The van der Waals surface area contributed by atoms with Crippen molar-refractivity contribution in [3.63, 3.8) is 0 Å². The zero-order valence-electron chi connectivity index (χ0n) is 12.2. The molecule has 6 nitrogen and oxygen atoms in total. The predicted octanol–water partition coefficient (Wildman–Crippen LogP) is 2.21. The third-order valence-electron chi connectivity index (χ3n) is 3.96. The Morgan fingerprint density at radius 3 is 3.00 bits per heavy atom. The fraction of sp³-hybridized carbons (Fsp3) is 0.400. The molecule has 3 rings (SSSR count). The van der Waals surface area contributed by atoms with Crippen LogP contribution in [0.4, 0.5) is 4.39 Å². The molecule has 0 saturated carbocycles. The third-order valence-corrected chi connectivity index (χ3v) is 4.25. The van der Waals surface area contributed by atoms with Crippen LogP contribution < -0.4 is 11.1 Å². The molecule has 1 atom stereocenters. The Bertz CT molecular complexity index is 787. The van der Waals surface area contributed by atoms with Gasteiger partial charge in [0.05, 0.1) is 5.02 Å². The van der Waals surface area contributed by atoms with Gasteiger partial charge in [0.25, 0.3) is 0 Å². The van der Waals surface area contributed by atoms with E-state index in [-0.39, 0.29) is 16.8 Å². The van der Waals surface area contributed by atoms with Gasteiger partial charge in [-0.2, -0.15) is 0 Å². The largest absolute Gasteiger partial charge is 0.441 e. The van der Waals surface area contributed by atoms with Crippen LogP contribution in [0.5, 0.6) is 0 Å². The summed E-state index contributed by atoms with van der Waals surface area (Å²) in [6, 6.07) is 4.12. The summed E-state index contributed by atoms with van der Waals surface area (Å²) in [6.07, 6.45) is 1.89. The Labute approximate surface area is 136 Å². The molecule has 8 heteroatoms. The Morgan fingerprint density at radius 2 is 2.22 bits per heavy atom. The van der Waals surface area contributed by atoms with E-state index < -0.39 is 11.6 Å². The molecule has 0 aliphatic carbocycles. The molecule has 1 amide bonds. The molecule has 1 aliphatic rings. The number of aromatic nitrogens is 2. The Morgan fingerprint density at radius 1 is 1.39 bits per heavy atom. The van der Waals surface area contributed by atoms with Crippen LogP contribution in [0.2, 0.25) is 5.02 Å². The van der Waals surface area contributed by atoms with Crippen LogP contribution in [0.1, 0.15) is 19.3 Å². The average Bonchev–Trinajstić information content (AvgIpc) is 2.75. The van der Waals surface area contributed by atoms with Gasteiger partial charge in [-0.3, -0.25) is 13.9 Å². The summed E-state index contributed by atoms with van der Waals surface area (Å²) >= 11 is 5.79. The van der Waals surface area contributed by atoms with Gasteiger partial charge in [0.15, 0.2) is 5.82 Å². The molecule has 23 heavy (non-hydrogen) atoms. The van der Waals surface area contributed by atoms with Crippen LogP contribution in [0, 0.1) is 11.7 Å². The van der Waals surface area contributed by atoms with Crippen molar-refractivity contribution >= 4 is 17.5 Å². The number of carbonyl (C=O) groups is 1. The third kappa shape index (κ3) is 3.44. The molecule has 2 aromatic rings. The standard InChI is InChI=1S/C15H15ClFN3O3/c16-11-7-10(2-3-12(11)17)14-19-23-15(22)20(14)8-9-1-4-13(21)18-6-5-9/h2-3,7,9H,1,4-6,8H2,(H,18,21). The smallest absolute Gasteiger partial charge is 0.356 e. The number of hydrogen-bond acceptors (Lipinski definition) is 4. The highest BCUT2D eigenvalue weighted by Gasteiger charge is 2.21. The second-order valence-electron chi connectivity index (χ2n) is 5.55. The van der Waals surface area contributed by atoms with Crippen molar-refractivity contribution in [3.05, 3.63) is 39.6 Å². The molecule has 0 radical (unpaired) electrons. The molecule has 1 aromatic carbocycles. The minimum Gasteiger partial charge on any atom is -0.356 e. The zero-order chi connectivity index (χ0) is 16.4. The van der Waals surface area contributed by atoms with Crippen LogP contribution in [0.15, 0.2) is 27.5 Å². The van der Waals surface area contributed by atoms with Crippen molar-refractivity contribution in [1.29, 1.82) is 0 Å². The number of nitrogens with zero attached hydrogens (tertiary/aromatic N) is 2. The van der Waals surface area contributed by atoms with Crippen molar-refractivity contribution in [2.24, 2.45) is 5.92 Å². The van der Waals surface area contributed by atoms with E-state index in [0.717, 1.165) is 6.42 Å². The average molecular weight is 340 g/mol. The fourth-order valence-corrected chi connectivity index (χ4v) is 2.88. The highest BCUT2D eigenvalue weighted by atomic mass is 35.5. The van der Waals surface area contributed by atoms with Crippen LogP contribution in [-0.2, 0) is 11.3 Å². The number of amides is 1. The van der Waals surface area contributed by atoms with E-state index in [1.54, 1.807) is 0 Å². The first-order chi connectivity index (χ1) is 11.0. The molecular formula is C15H15ClFN3O3. The Kier molecular flexibility index (Phi) is 4.47. The van der Waals surface area contributed by atoms with Gasteiger partial charge in [-0.25, -0.2) is 9.18 Å². The van der Waals surface area contributed by atoms with Gasteiger partial charge in [0.1, 0.15) is 5.82 Å². The fourth-order valence-electron chi connectivity index (χ4n) is 2.70. The van der Waals surface area contributed by atoms with E-state index in [1.165, 1.54) is 22.8 Å². The molecular weight excluding hydrogens is 325 g/mol. The first-order valence-electron chi connectivity index (χ1n) is 7.33. The molecule has 2 heterocycles. The minimum atomic E-state index is -0.580. The van der Waals surface area contributed by atoms with E-state index in [1.807, 2.05) is 0 Å². The number of benzene rings is 1. The summed E-state index contributed by atoms with van der Waals surface area (Å²) in [5.74, 6) is -0.637. The normalized spacial score (nSPS) is 18.5. The van der Waals surface area contributed by atoms with Gasteiger partial charge in [-0.05, 0) is 37.0 Å². The van der Waals surface area contributed by atoms with Gasteiger partial charge in [0.2, 0.25) is 5.91 Å². The minimum absolute atomic E-state index is 0.0238. The molecule has 1 aliphatic heterocycles. The highest BCUT2D eigenvalue weighted by Crippen LogP contribution is 2.24. The van der Waals surface area contributed by atoms with Crippen LogP contribution in [0.25, 0.3) is 11.4 Å². The van der Waals surface area contributed by atoms with Gasteiger partial charge in [-0.1, -0.05) is 16.8 Å². The molecule has 122 valence electrons. The first-order valence-corrected chi connectivity index (χ1v) is 7.71. The lowest BCUT2D eigenvalue weighted by molar-refractivity contribution is -0.120. The summed E-state index contributed by atoms with van der Waals surface area (Å²) < 4.78 is 19.5. The second kappa shape index (κ2) is 6.54. The second-order valence-corrected chi connectivity index (χ2v) is 5.96. The predicted molar refractivity (Wildman–Crippen MR) is 81.5 cm³/mol. The van der Waals surface area contributed by atoms with Crippen molar-refractivity contribution < 1.29 is 13.7 Å². The molecule has 1 N–H and O–H groups in total. The quantitative estimate of drug-likeness (QED) is 0.930. The summed E-state index contributed by atoms with van der Waals surface area (Å²) in [7, 11) is 0. The Hall–Kier alpha value is -2.15. The zero-order valence-corrected chi connectivity index (χ0v) is 13.0. The number of rotatable bonds is 3. The van der Waals surface area contributed by atoms with Gasteiger partial charge >= 0.3 is 5.76 Å². The maximum atomic E-state index is 13.3. The SMILES string of the molecule is O=C1CCC(Cn2c(-c3ccc(F)c(Cl)c3)noc2=O)CCN1. The van der Waals surface area contributed by atoms with Crippen molar-refractivity contribution in [2.75, 3.05) is 6.54 Å². The molecule has 0 spiro atoms. The monoisotopic (exact) mass is 339 g/mol. The summed E-state index contributed by atoms with van der Waals surface area (Å²) in [5, 5.41) is 6.53. The Balaban J connectivity index is 1.88. The van der Waals surface area contributed by atoms with E-state index in [9.17, 15) is 14.0 Å². The van der Waals surface area contributed by atoms with E-state index in [4.69, 9.17) is 16.1 Å². The number of carbonyl (C=O) groups excluding carboxylic acids is 1. The molecule has 0 bridgehead atoms. The van der Waals surface area contributed by atoms with E-state index in [2.05, 4.69) is 10.5 Å². The van der Waals surface area contributed by atoms with Crippen LogP contribution >= 0.6 is 11.6 Å². The highest BCUT2D eigenvalue weighted by molar-refractivity contribution is 6.31. The molecule has 1 unspecified atom stereocenters. The topological polar surface area (TPSA) is 77.1 Å². The maximum absolute atomic E-state index is 13.3. The molecule has 1 aromatic heterocycles. The summed E-state index contributed by atoms with van der Waals surface area (Å²) in [6.45, 7) is 0.975. The lowest BCUT2D eigenvalue weighted by Crippen LogP contribution is -2.23. The van der Waals surface area contributed by atoms with Crippen molar-refractivity contribution in [2.45, 2.75) is 25.8 Å². The number of halogens is 2. The summed E-state index contributed by atoms with van der Waals surface area (Å²) in [5.41, 5.74) is 0.505. The first kappa shape index (κ1) is 15.7. The number of hydrogen-bond donors (Lipinski definition) is 1. The maximum Gasteiger partial charge on any atom is 0.441 e. The lowest BCUT2D eigenvalue weighted by Gasteiger charge is -2.14. The van der Waals surface area contributed by atoms with E-state index >= 15 is 0 Å². The molecule has 1 saturated heterocycles.